The molecule has 0 bridgehead atoms. The smallest absolute Gasteiger partial charge is 0.151 e. The van der Waals surface area contributed by atoms with Crippen LogP contribution in [0.2, 0.25) is 0 Å². The number of aromatic nitrogens is 3. The molecule has 1 unspecified atom stereocenters. The van der Waals surface area contributed by atoms with Gasteiger partial charge >= 0.3 is 0 Å². The van der Waals surface area contributed by atoms with Crippen molar-refractivity contribution in [2.45, 2.75) is 32.3 Å². The van der Waals surface area contributed by atoms with E-state index < -0.39 is 0 Å². The summed E-state index contributed by atoms with van der Waals surface area (Å²) in [6.07, 6.45) is 8.28. The third-order valence-electron chi connectivity index (χ3n) is 6.39. The van der Waals surface area contributed by atoms with Gasteiger partial charge in [0.25, 0.3) is 0 Å². The Morgan fingerprint density at radius 1 is 1.11 bits per heavy atom. The molecule has 0 fully saturated rings. The second-order valence-electron chi connectivity index (χ2n) is 8.62. The Morgan fingerprint density at radius 2 is 2.00 bits per heavy atom. The van der Waals surface area contributed by atoms with Gasteiger partial charge in [-0.2, -0.15) is 5.26 Å². The number of rotatable bonds is 6. The highest BCUT2D eigenvalue weighted by Gasteiger charge is 2.27. The van der Waals surface area contributed by atoms with Crippen LogP contribution >= 0.6 is 0 Å². The van der Waals surface area contributed by atoms with Gasteiger partial charge in [-0.1, -0.05) is 30.3 Å². The zero-order valence-electron chi connectivity index (χ0n) is 19.4. The molecule has 0 radical (unpaired) electrons. The van der Waals surface area contributed by atoms with Crippen LogP contribution in [0, 0.1) is 11.3 Å². The largest absolute Gasteiger partial charge is 0.489 e. The van der Waals surface area contributed by atoms with E-state index in [9.17, 15) is 5.26 Å². The minimum absolute atomic E-state index is 0.122. The first-order valence-corrected chi connectivity index (χ1v) is 11.7. The molecule has 0 amide bonds. The van der Waals surface area contributed by atoms with Crippen molar-refractivity contribution in [2.75, 3.05) is 5.73 Å². The quantitative estimate of drug-likeness (QED) is 0.427. The molecule has 2 N–H and O–H groups in total. The highest BCUT2D eigenvalue weighted by Crippen LogP contribution is 2.36. The van der Waals surface area contributed by atoms with Crippen LogP contribution < -0.4 is 15.2 Å². The molecule has 2 aromatic heterocycles. The topological polar surface area (TPSA) is 108 Å². The molecular formula is C28H23N5O3. The van der Waals surface area contributed by atoms with E-state index in [1.54, 1.807) is 6.07 Å². The molecule has 0 saturated heterocycles. The number of hydrogen-bond acceptors (Lipinski definition) is 7. The van der Waals surface area contributed by atoms with Crippen LogP contribution in [0.1, 0.15) is 28.8 Å². The highest BCUT2D eigenvalue weighted by atomic mass is 16.5. The molecule has 1 aliphatic carbocycles. The number of nitrogens with zero attached hydrogens (tertiary/aromatic N) is 4. The first kappa shape index (κ1) is 21.9. The fourth-order valence-electron chi connectivity index (χ4n) is 4.65. The summed E-state index contributed by atoms with van der Waals surface area (Å²) in [6.45, 7) is 1.36. The van der Waals surface area contributed by atoms with Gasteiger partial charge < -0.3 is 24.5 Å². The fraction of sp³-hybridized carbons (Fsp3) is 0.179. The van der Waals surface area contributed by atoms with Gasteiger partial charge in [0.05, 0.1) is 30.5 Å². The summed E-state index contributed by atoms with van der Waals surface area (Å²) in [5.41, 5.74) is 12.5. The van der Waals surface area contributed by atoms with Crippen molar-refractivity contribution in [3.05, 3.63) is 95.5 Å². The van der Waals surface area contributed by atoms with E-state index in [2.05, 4.69) is 26.7 Å². The first-order chi connectivity index (χ1) is 17.7. The molecule has 8 heteroatoms. The predicted octanol–water partition coefficient (Wildman–Crippen LogP) is 4.74. The van der Waals surface area contributed by atoms with Gasteiger partial charge in [-0.25, -0.2) is 9.97 Å². The number of fused-ring (bicyclic) bond motifs is 3. The van der Waals surface area contributed by atoms with Gasteiger partial charge in [0.2, 0.25) is 0 Å². The number of benzene rings is 2. The summed E-state index contributed by atoms with van der Waals surface area (Å²) in [5, 5.41) is 9.28. The van der Waals surface area contributed by atoms with Gasteiger partial charge in [-0.05, 0) is 30.4 Å². The summed E-state index contributed by atoms with van der Waals surface area (Å²) in [6, 6.07) is 17.2. The van der Waals surface area contributed by atoms with Crippen LogP contribution in [-0.2, 0) is 24.6 Å². The van der Waals surface area contributed by atoms with Crippen molar-refractivity contribution in [2.24, 2.45) is 0 Å². The number of allylic oxidation sites excluding steroid dienone is 2. The number of ether oxygens (including phenoxy) is 3. The highest BCUT2D eigenvalue weighted by molar-refractivity contribution is 5.93. The normalized spacial score (nSPS) is 16.4. The Hall–Kier alpha value is -4.61. The molecule has 3 heterocycles. The summed E-state index contributed by atoms with van der Waals surface area (Å²) in [4.78, 5) is 8.66. The van der Waals surface area contributed by atoms with Gasteiger partial charge in [0, 0.05) is 29.3 Å². The van der Waals surface area contributed by atoms with Crippen molar-refractivity contribution in [3.63, 3.8) is 0 Å². The lowest BCUT2D eigenvalue weighted by Crippen LogP contribution is -2.16. The van der Waals surface area contributed by atoms with E-state index >= 15 is 0 Å². The average molecular weight is 478 g/mol. The van der Waals surface area contributed by atoms with Crippen LogP contribution in [-0.4, -0.2) is 20.6 Å². The summed E-state index contributed by atoms with van der Waals surface area (Å²) >= 11 is 0. The molecule has 2 aromatic carbocycles. The standard InChI is InChI=1S/C28H23N5O3/c29-13-18-4-1-2-5-19(18)14-35-22-6-3-7-23(12-22)36-21-10-8-20(9-11-21)33-25-16-34-15-24(25)26-27(33)28(30)32-17-31-26/h1-10,12,17,21H,11,14-16H2,(H2,30,31,32). The van der Waals surface area contributed by atoms with Crippen molar-refractivity contribution in [1.29, 1.82) is 5.26 Å². The average Bonchev–Trinajstić information content (AvgIpc) is 3.51. The first-order valence-electron chi connectivity index (χ1n) is 11.7. The van der Waals surface area contributed by atoms with Crippen molar-refractivity contribution >= 4 is 22.5 Å². The minimum Gasteiger partial charge on any atom is -0.489 e. The maximum absolute atomic E-state index is 9.28. The van der Waals surface area contributed by atoms with Crippen LogP contribution in [0.15, 0.2) is 73.1 Å². The molecule has 4 aromatic rings. The molecule has 2 aliphatic rings. The SMILES string of the molecule is N#Cc1ccccc1COc1cccc(OC2C=CC(n3c4c(c5ncnc(N)c53)COC4)=CC2)c1. The Kier molecular flexibility index (Phi) is 5.60. The summed E-state index contributed by atoms with van der Waals surface area (Å²) in [7, 11) is 0. The second kappa shape index (κ2) is 9.21. The van der Waals surface area contributed by atoms with Gasteiger partial charge in [-0.15, -0.1) is 0 Å². The van der Waals surface area contributed by atoms with E-state index in [-0.39, 0.29) is 6.10 Å². The van der Waals surface area contributed by atoms with Gasteiger partial charge in [-0.3, -0.25) is 0 Å². The maximum Gasteiger partial charge on any atom is 0.151 e. The summed E-state index contributed by atoms with van der Waals surface area (Å²) < 4.78 is 19.9. The lowest BCUT2D eigenvalue weighted by atomic mass is 10.1. The number of nitriles is 1. The zero-order chi connectivity index (χ0) is 24.5. The van der Waals surface area contributed by atoms with Crippen LogP contribution in [0.5, 0.6) is 11.5 Å². The molecule has 6 rings (SSSR count). The van der Waals surface area contributed by atoms with E-state index in [0.717, 1.165) is 33.6 Å². The van der Waals surface area contributed by atoms with Gasteiger partial charge in [0.1, 0.15) is 41.6 Å². The number of anilines is 1. The monoisotopic (exact) mass is 477 g/mol. The van der Waals surface area contributed by atoms with Crippen molar-refractivity contribution in [3.8, 4) is 17.6 Å². The van der Waals surface area contributed by atoms with Crippen LogP contribution in [0.4, 0.5) is 5.82 Å². The number of nitrogen functional groups attached to an aromatic ring is 1. The Morgan fingerprint density at radius 3 is 2.86 bits per heavy atom. The third-order valence-corrected chi connectivity index (χ3v) is 6.39. The van der Waals surface area contributed by atoms with E-state index in [1.807, 2.05) is 54.6 Å². The van der Waals surface area contributed by atoms with E-state index in [0.29, 0.717) is 49.1 Å². The fourth-order valence-corrected chi connectivity index (χ4v) is 4.65. The molecular weight excluding hydrogens is 454 g/mol. The molecule has 178 valence electrons. The zero-order valence-corrected chi connectivity index (χ0v) is 19.4. The maximum atomic E-state index is 9.28. The summed E-state index contributed by atoms with van der Waals surface area (Å²) in [5.74, 6) is 1.85. The van der Waals surface area contributed by atoms with Crippen LogP contribution in [0.25, 0.3) is 16.7 Å². The molecule has 1 atom stereocenters. The minimum atomic E-state index is -0.122. The predicted molar refractivity (Wildman–Crippen MR) is 135 cm³/mol. The second-order valence-corrected chi connectivity index (χ2v) is 8.62. The third kappa shape index (κ3) is 3.96. The van der Waals surface area contributed by atoms with Gasteiger partial charge in [0.15, 0.2) is 5.82 Å². The van der Waals surface area contributed by atoms with Crippen molar-refractivity contribution in [1.82, 2.24) is 14.5 Å². The lowest BCUT2D eigenvalue weighted by molar-refractivity contribution is 0.132. The lowest BCUT2D eigenvalue weighted by Gasteiger charge is -2.20. The van der Waals surface area contributed by atoms with E-state index in [4.69, 9.17) is 19.9 Å². The molecule has 8 nitrogen and oxygen atoms in total. The van der Waals surface area contributed by atoms with E-state index in [1.165, 1.54) is 6.33 Å². The molecule has 0 spiro atoms. The Bertz CT molecular complexity index is 1560. The number of nitrogens with two attached hydrogens (primary N) is 1. The van der Waals surface area contributed by atoms with Crippen LogP contribution in [0.3, 0.4) is 0 Å². The Balaban J connectivity index is 1.16. The molecule has 36 heavy (non-hydrogen) atoms. The Labute approximate surface area is 207 Å². The van der Waals surface area contributed by atoms with Crippen molar-refractivity contribution < 1.29 is 14.2 Å². The number of hydrogen-bond donors (Lipinski definition) is 1. The molecule has 1 aliphatic heterocycles. The molecule has 0 saturated carbocycles.